The third-order valence-electron chi connectivity index (χ3n) is 3.79. The number of anilines is 1. The predicted octanol–water partition coefficient (Wildman–Crippen LogP) is 3.24. The minimum atomic E-state index is -0.565. The SMILES string of the molecule is NC1(CC(=O)Nc2ccc([N+](=O)[O-])c(Cl)c2)CCCCC1. The first kappa shape index (κ1) is 15.7. The fraction of sp³-hybridized carbons (Fsp3) is 0.500. The van der Waals surface area contributed by atoms with Crippen LogP contribution in [0, 0.1) is 10.1 Å². The third kappa shape index (κ3) is 4.15. The Morgan fingerprint density at radius 3 is 2.62 bits per heavy atom. The van der Waals surface area contributed by atoms with E-state index in [4.69, 9.17) is 17.3 Å². The minimum absolute atomic E-state index is 0.00192. The molecule has 1 aliphatic rings. The summed E-state index contributed by atoms with van der Waals surface area (Å²) in [5.41, 5.74) is 6.05. The lowest BCUT2D eigenvalue weighted by molar-refractivity contribution is -0.384. The van der Waals surface area contributed by atoms with Crippen LogP contribution in [0.1, 0.15) is 38.5 Å². The number of nitrogens with one attached hydrogen (secondary N) is 1. The van der Waals surface area contributed by atoms with E-state index in [0.717, 1.165) is 25.7 Å². The Kier molecular flexibility index (Phi) is 4.80. The van der Waals surface area contributed by atoms with Gasteiger partial charge in [-0.3, -0.25) is 14.9 Å². The maximum Gasteiger partial charge on any atom is 0.288 e. The summed E-state index contributed by atoms with van der Waals surface area (Å²) in [7, 11) is 0. The number of nitro groups is 1. The van der Waals surface area contributed by atoms with Crippen LogP contribution in [-0.4, -0.2) is 16.4 Å². The van der Waals surface area contributed by atoms with E-state index in [1.165, 1.54) is 24.6 Å². The summed E-state index contributed by atoms with van der Waals surface area (Å²) < 4.78 is 0. The van der Waals surface area contributed by atoms with Gasteiger partial charge < -0.3 is 11.1 Å². The molecule has 1 amide bonds. The van der Waals surface area contributed by atoms with E-state index in [9.17, 15) is 14.9 Å². The highest BCUT2D eigenvalue weighted by Gasteiger charge is 2.30. The zero-order valence-electron chi connectivity index (χ0n) is 11.6. The first-order valence-corrected chi connectivity index (χ1v) is 7.30. The average Bonchev–Trinajstić information content (AvgIpc) is 2.38. The van der Waals surface area contributed by atoms with Crippen LogP contribution >= 0.6 is 11.6 Å². The molecule has 6 nitrogen and oxygen atoms in total. The number of amides is 1. The number of benzene rings is 1. The molecule has 7 heteroatoms. The number of hydrogen-bond acceptors (Lipinski definition) is 4. The van der Waals surface area contributed by atoms with Crippen LogP contribution in [0.15, 0.2) is 18.2 Å². The van der Waals surface area contributed by atoms with Crippen molar-refractivity contribution in [3.05, 3.63) is 33.3 Å². The number of carbonyl (C=O) groups excluding carboxylic acids is 1. The van der Waals surface area contributed by atoms with Gasteiger partial charge in [-0.1, -0.05) is 30.9 Å². The van der Waals surface area contributed by atoms with Gasteiger partial charge in [-0.05, 0) is 25.0 Å². The Labute approximate surface area is 127 Å². The molecule has 1 aromatic carbocycles. The van der Waals surface area contributed by atoms with Gasteiger partial charge in [0.1, 0.15) is 5.02 Å². The molecule has 21 heavy (non-hydrogen) atoms. The second-order valence-electron chi connectivity index (χ2n) is 5.57. The van der Waals surface area contributed by atoms with E-state index in [-0.39, 0.29) is 23.0 Å². The van der Waals surface area contributed by atoms with Gasteiger partial charge in [0.05, 0.1) is 4.92 Å². The topological polar surface area (TPSA) is 98.3 Å². The Morgan fingerprint density at radius 2 is 2.05 bits per heavy atom. The van der Waals surface area contributed by atoms with Gasteiger partial charge in [-0.25, -0.2) is 0 Å². The van der Waals surface area contributed by atoms with Crippen molar-refractivity contribution in [1.82, 2.24) is 0 Å². The van der Waals surface area contributed by atoms with Gasteiger partial charge in [0.2, 0.25) is 5.91 Å². The fourth-order valence-corrected chi connectivity index (χ4v) is 2.94. The standard InChI is InChI=1S/C14H18ClN3O3/c15-11-8-10(4-5-12(11)18(20)21)17-13(19)9-14(16)6-2-1-3-7-14/h4-5,8H,1-3,6-7,9,16H2,(H,17,19). The summed E-state index contributed by atoms with van der Waals surface area (Å²) >= 11 is 5.81. The summed E-state index contributed by atoms with van der Waals surface area (Å²) in [6, 6.07) is 4.12. The van der Waals surface area contributed by atoms with E-state index in [1.54, 1.807) is 0 Å². The van der Waals surface area contributed by atoms with Crippen molar-refractivity contribution in [2.24, 2.45) is 5.73 Å². The molecule has 3 N–H and O–H groups in total. The summed E-state index contributed by atoms with van der Waals surface area (Å²) in [6.45, 7) is 0. The van der Waals surface area contributed by atoms with Crippen molar-refractivity contribution in [3.8, 4) is 0 Å². The first-order valence-electron chi connectivity index (χ1n) is 6.92. The summed E-state index contributed by atoms with van der Waals surface area (Å²) in [5, 5.41) is 13.4. The van der Waals surface area contributed by atoms with Crippen LogP contribution < -0.4 is 11.1 Å². The number of carbonyl (C=O) groups is 1. The highest BCUT2D eigenvalue weighted by Crippen LogP contribution is 2.30. The summed E-state index contributed by atoms with van der Waals surface area (Å²) in [6.07, 6.45) is 5.21. The number of nitrogens with two attached hydrogens (primary N) is 1. The number of halogens is 1. The molecule has 1 fully saturated rings. The molecule has 1 saturated carbocycles. The normalized spacial score (nSPS) is 17.2. The summed E-state index contributed by atoms with van der Waals surface area (Å²) in [5.74, 6) is -0.190. The molecule has 0 atom stereocenters. The zero-order valence-corrected chi connectivity index (χ0v) is 12.4. The van der Waals surface area contributed by atoms with E-state index in [1.807, 2.05) is 0 Å². The van der Waals surface area contributed by atoms with Gasteiger partial charge in [-0.2, -0.15) is 0 Å². The highest BCUT2D eigenvalue weighted by molar-refractivity contribution is 6.33. The van der Waals surface area contributed by atoms with Gasteiger partial charge in [0.15, 0.2) is 0 Å². The van der Waals surface area contributed by atoms with Crippen LogP contribution in [-0.2, 0) is 4.79 Å². The molecule has 0 radical (unpaired) electrons. The number of nitro benzene ring substituents is 1. The average molecular weight is 312 g/mol. The molecule has 2 rings (SSSR count). The van der Waals surface area contributed by atoms with Crippen LogP contribution in [0.2, 0.25) is 5.02 Å². The van der Waals surface area contributed by atoms with Gasteiger partial charge in [-0.15, -0.1) is 0 Å². The van der Waals surface area contributed by atoms with Crippen molar-refractivity contribution >= 4 is 28.9 Å². The molecule has 0 saturated heterocycles. The quantitative estimate of drug-likeness (QED) is 0.658. The van der Waals surface area contributed by atoms with Gasteiger partial charge >= 0.3 is 0 Å². The van der Waals surface area contributed by atoms with Gasteiger partial charge in [0.25, 0.3) is 5.69 Å². The maximum atomic E-state index is 12.0. The lowest BCUT2D eigenvalue weighted by Crippen LogP contribution is -2.44. The number of rotatable bonds is 4. The predicted molar refractivity (Wildman–Crippen MR) is 81.4 cm³/mol. The second kappa shape index (κ2) is 6.41. The molecule has 1 aliphatic carbocycles. The molecule has 0 aromatic heterocycles. The Balaban J connectivity index is 1.99. The maximum absolute atomic E-state index is 12.0. The van der Waals surface area contributed by atoms with Crippen LogP contribution in [0.3, 0.4) is 0 Å². The Hall–Kier alpha value is -1.66. The van der Waals surface area contributed by atoms with E-state index in [0.29, 0.717) is 5.69 Å². The van der Waals surface area contributed by atoms with Crippen LogP contribution in [0.5, 0.6) is 0 Å². The molecular weight excluding hydrogens is 294 g/mol. The Bertz CT molecular complexity index is 556. The van der Waals surface area contributed by atoms with E-state index in [2.05, 4.69) is 5.32 Å². The first-order chi connectivity index (χ1) is 9.89. The lowest BCUT2D eigenvalue weighted by atomic mass is 9.80. The minimum Gasteiger partial charge on any atom is -0.326 e. The smallest absolute Gasteiger partial charge is 0.288 e. The molecule has 1 aromatic rings. The molecule has 0 unspecified atom stereocenters. The van der Waals surface area contributed by atoms with Crippen molar-refractivity contribution in [2.75, 3.05) is 5.32 Å². The number of nitrogens with zero attached hydrogens (tertiary/aromatic N) is 1. The van der Waals surface area contributed by atoms with Crippen LogP contribution in [0.25, 0.3) is 0 Å². The molecule has 0 spiro atoms. The second-order valence-corrected chi connectivity index (χ2v) is 5.98. The highest BCUT2D eigenvalue weighted by atomic mass is 35.5. The van der Waals surface area contributed by atoms with Gasteiger partial charge in [0, 0.05) is 23.7 Å². The fourth-order valence-electron chi connectivity index (χ4n) is 2.69. The van der Waals surface area contributed by atoms with E-state index >= 15 is 0 Å². The molecule has 0 bridgehead atoms. The molecule has 0 heterocycles. The van der Waals surface area contributed by atoms with Crippen molar-refractivity contribution in [3.63, 3.8) is 0 Å². The summed E-state index contributed by atoms with van der Waals surface area (Å²) in [4.78, 5) is 22.2. The zero-order chi connectivity index (χ0) is 15.5. The van der Waals surface area contributed by atoms with Crippen molar-refractivity contribution in [1.29, 1.82) is 0 Å². The molecule has 114 valence electrons. The largest absolute Gasteiger partial charge is 0.326 e. The van der Waals surface area contributed by atoms with E-state index < -0.39 is 10.5 Å². The monoisotopic (exact) mass is 311 g/mol. The molecular formula is C14H18ClN3O3. The Morgan fingerprint density at radius 1 is 1.38 bits per heavy atom. The van der Waals surface area contributed by atoms with Crippen LogP contribution in [0.4, 0.5) is 11.4 Å². The number of hydrogen-bond donors (Lipinski definition) is 2. The molecule has 0 aliphatic heterocycles. The lowest BCUT2D eigenvalue weighted by Gasteiger charge is -2.32. The van der Waals surface area contributed by atoms with Crippen molar-refractivity contribution < 1.29 is 9.72 Å². The van der Waals surface area contributed by atoms with Crippen molar-refractivity contribution in [2.45, 2.75) is 44.1 Å². The third-order valence-corrected chi connectivity index (χ3v) is 4.09.